The number of allylic oxidation sites excluding steroid dienone is 4. The predicted octanol–water partition coefficient (Wildman–Crippen LogP) is 4.59. The van der Waals surface area contributed by atoms with Crippen LogP contribution >= 0.6 is 21.6 Å². The van der Waals surface area contributed by atoms with Crippen molar-refractivity contribution in [3.05, 3.63) is 24.3 Å². The van der Waals surface area contributed by atoms with E-state index >= 15 is 0 Å². The van der Waals surface area contributed by atoms with E-state index in [0.717, 1.165) is 50.3 Å². The first-order valence-corrected chi connectivity index (χ1v) is 14.4. The monoisotopic (exact) mass is 448 g/mol. The van der Waals surface area contributed by atoms with Crippen molar-refractivity contribution in [3.63, 3.8) is 0 Å². The normalized spacial score (nSPS) is 36.5. The molecule has 4 atom stereocenters. The van der Waals surface area contributed by atoms with E-state index in [1.165, 1.54) is 25.7 Å². The zero-order valence-corrected chi connectivity index (χ0v) is 19.5. The highest BCUT2D eigenvalue weighted by molar-refractivity contribution is 8.76. The summed E-state index contributed by atoms with van der Waals surface area (Å²) in [6.07, 6.45) is 18.3. The van der Waals surface area contributed by atoms with Gasteiger partial charge in [-0.2, -0.15) is 0 Å². The summed E-state index contributed by atoms with van der Waals surface area (Å²) < 4.78 is 0. The molecule has 0 aromatic rings. The molecule has 4 unspecified atom stereocenters. The summed E-state index contributed by atoms with van der Waals surface area (Å²) in [5, 5.41) is 6.29. The van der Waals surface area contributed by atoms with Crippen molar-refractivity contribution in [1.29, 1.82) is 0 Å². The van der Waals surface area contributed by atoms with Crippen LogP contribution in [-0.2, 0) is 9.59 Å². The quantitative estimate of drug-likeness (QED) is 0.308. The number of carbonyl (C=O) groups excluding carboxylic acids is 2. The average molecular weight is 449 g/mol. The van der Waals surface area contributed by atoms with Crippen molar-refractivity contribution in [2.75, 3.05) is 24.6 Å². The number of hydrogen-bond acceptors (Lipinski definition) is 4. The molecule has 0 aromatic carbocycles. The lowest BCUT2D eigenvalue weighted by atomic mass is 10.1. The lowest BCUT2D eigenvalue weighted by molar-refractivity contribution is -0.123. The second-order valence-corrected chi connectivity index (χ2v) is 11.9. The summed E-state index contributed by atoms with van der Waals surface area (Å²) in [4.78, 5) is 24.9. The van der Waals surface area contributed by atoms with Gasteiger partial charge in [-0.1, -0.05) is 45.9 Å². The molecule has 0 saturated heterocycles. The van der Waals surface area contributed by atoms with Crippen LogP contribution in [0.15, 0.2) is 24.3 Å². The standard InChI is InChI=1S/C24H36N2O2S2/c27-23(21-17-9-5-1-2-6-10-18(17)21)25-13-15-29-30-16-14-26-24(28)22-19-11-7-3-4-8-12-20(19)22/h1-4,17-22H,5-16H2,(H,25,27)(H,26,28)/b2-1+,4-3+. The van der Waals surface area contributed by atoms with Crippen molar-refractivity contribution in [3.8, 4) is 0 Å². The minimum absolute atomic E-state index is 0.272. The Hall–Kier alpha value is -0.880. The lowest BCUT2D eigenvalue weighted by Gasteiger charge is -2.06. The Kier molecular flexibility index (Phi) is 8.28. The predicted molar refractivity (Wildman–Crippen MR) is 127 cm³/mol. The molecule has 2 fully saturated rings. The Balaban J connectivity index is 1.00. The van der Waals surface area contributed by atoms with E-state index in [1.807, 2.05) is 0 Å². The fourth-order valence-electron chi connectivity index (χ4n) is 5.65. The molecule has 0 aliphatic heterocycles. The molecule has 0 aromatic heterocycles. The third-order valence-electron chi connectivity index (χ3n) is 7.32. The van der Waals surface area contributed by atoms with Gasteiger partial charge in [-0.05, 0) is 75.0 Å². The Labute approximate surface area is 189 Å². The molecule has 2 saturated carbocycles. The van der Waals surface area contributed by atoms with Crippen LogP contribution in [0.25, 0.3) is 0 Å². The molecule has 0 bridgehead atoms. The van der Waals surface area contributed by atoms with Gasteiger partial charge in [0.25, 0.3) is 0 Å². The first-order valence-electron chi connectivity index (χ1n) is 11.9. The van der Waals surface area contributed by atoms with Crippen LogP contribution < -0.4 is 10.6 Å². The van der Waals surface area contributed by atoms with Gasteiger partial charge < -0.3 is 10.6 Å². The van der Waals surface area contributed by atoms with Gasteiger partial charge in [0.2, 0.25) is 11.8 Å². The first kappa shape index (κ1) is 22.3. The molecular formula is C24H36N2O2S2. The minimum atomic E-state index is 0.272. The van der Waals surface area contributed by atoms with Crippen molar-refractivity contribution < 1.29 is 9.59 Å². The number of nitrogens with one attached hydrogen (secondary N) is 2. The van der Waals surface area contributed by atoms with Crippen molar-refractivity contribution >= 4 is 33.4 Å². The molecule has 0 spiro atoms. The Morgan fingerprint density at radius 2 is 0.967 bits per heavy atom. The summed E-state index contributed by atoms with van der Waals surface area (Å²) in [7, 11) is 3.59. The van der Waals surface area contributed by atoms with E-state index in [2.05, 4.69) is 34.9 Å². The molecule has 2 amide bonds. The van der Waals surface area contributed by atoms with Gasteiger partial charge in [0.15, 0.2) is 0 Å². The van der Waals surface area contributed by atoms with Crippen molar-refractivity contribution in [1.82, 2.24) is 10.6 Å². The van der Waals surface area contributed by atoms with E-state index in [-0.39, 0.29) is 23.7 Å². The van der Waals surface area contributed by atoms with Crippen LogP contribution in [0.3, 0.4) is 0 Å². The third kappa shape index (κ3) is 5.87. The largest absolute Gasteiger partial charge is 0.355 e. The molecule has 2 N–H and O–H groups in total. The summed E-state index contributed by atoms with van der Waals surface area (Å²) in [5.41, 5.74) is 0. The maximum atomic E-state index is 12.4. The van der Waals surface area contributed by atoms with Gasteiger partial charge in [0, 0.05) is 36.4 Å². The summed E-state index contributed by atoms with van der Waals surface area (Å²) >= 11 is 0. The van der Waals surface area contributed by atoms with Crippen molar-refractivity contribution in [2.24, 2.45) is 35.5 Å². The lowest BCUT2D eigenvalue weighted by Crippen LogP contribution is -2.28. The first-order chi connectivity index (χ1) is 14.8. The van der Waals surface area contributed by atoms with Crippen LogP contribution in [0.4, 0.5) is 0 Å². The van der Waals surface area contributed by atoms with E-state index in [0.29, 0.717) is 23.7 Å². The highest BCUT2D eigenvalue weighted by Crippen LogP contribution is 2.53. The van der Waals surface area contributed by atoms with E-state index in [1.54, 1.807) is 21.6 Å². The molecule has 166 valence electrons. The molecule has 0 radical (unpaired) electrons. The maximum absolute atomic E-state index is 12.4. The number of amides is 2. The van der Waals surface area contributed by atoms with E-state index < -0.39 is 0 Å². The number of hydrogen-bond donors (Lipinski definition) is 2. The highest BCUT2D eigenvalue weighted by atomic mass is 33.1. The Bertz CT molecular complexity index is 578. The number of fused-ring (bicyclic) bond motifs is 2. The topological polar surface area (TPSA) is 58.2 Å². The Morgan fingerprint density at radius 1 is 0.633 bits per heavy atom. The number of rotatable bonds is 9. The molecule has 30 heavy (non-hydrogen) atoms. The van der Waals surface area contributed by atoms with Crippen LogP contribution in [0.1, 0.15) is 51.4 Å². The van der Waals surface area contributed by atoms with Gasteiger partial charge in [0.1, 0.15) is 0 Å². The van der Waals surface area contributed by atoms with E-state index in [4.69, 9.17) is 0 Å². The zero-order valence-electron chi connectivity index (χ0n) is 17.9. The number of carbonyl (C=O) groups is 2. The summed E-state index contributed by atoms with van der Waals surface area (Å²) in [6, 6.07) is 0. The van der Waals surface area contributed by atoms with Crippen LogP contribution in [0.2, 0.25) is 0 Å². The van der Waals surface area contributed by atoms with E-state index in [9.17, 15) is 9.59 Å². The summed E-state index contributed by atoms with van der Waals surface area (Å²) in [5.74, 6) is 5.45. The fourth-order valence-corrected chi connectivity index (χ4v) is 7.47. The van der Waals surface area contributed by atoms with Crippen LogP contribution in [0, 0.1) is 35.5 Å². The fraction of sp³-hybridized carbons (Fsp3) is 0.750. The molecule has 6 heteroatoms. The summed E-state index contributed by atoms with van der Waals surface area (Å²) in [6.45, 7) is 1.49. The third-order valence-corrected chi connectivity index (χ3v) is 9.73. The smallest absolute Gasteiger partial charge is 0.223 e. The van der Waals surface area contributed by atoms with Gasteiger partial charge >= 0.3 is 0 Å². The molecule has 4 aliphatic rings. The molecule has 0 heterocycles. The molecule has 4 aliphatic carbocycles. The second-order valence-electron chi connectivity index (χ2n) is 9.19. The van der Waals surface area contributed by atoms with Gasteiger partial charge in [0.05, 0.1) is 0 Å². The van der Waals surface area contributed by atoms with Gasteiger partial charge in [-0.15, -0.1) is 0 Å². The van der Waals surface area contributed by atoms with Gasteiger partial charge in [-0.3, -0.25) is 9.59 Å². The van der Waals surface area contributed by atoms with Gasteiger partial charge in [-0.25, -0.2) is 0 Å². The highest BCUT2D eigenvalue weighted by Gasteiger charge is 2.53. The molecular weight excluding hydrogens is 412 g/mol. The zero-order chi connectivity index (χ0) is 20.8. The van der Waals surface area contributed by atoms with Crippen molar-refractivity contribution in [2.45, 2.75) is 51.4 Å². The minimum Gasteiger partial charge on any atom is -0.355 e. The second kappa shape index (κ2) is 11.1. The molecule has 4 nitrogen and oxygen atoms in total. The maximum Gasteiger partial charge on any atom is 0.223 e. The molecule has 4 rings (SSSR count). The SMILES string of the molecule is O=C(NCCSSCCNC(=O)C1C2CC/C=C/CCC21)C1C2CC/C=C/CCC21. The van der Waals surface area contributed by atoms with Crippen LogP contribution in [0.5, 0.6) is 0 Å². The average Bonchev–Trinajstić information content (AvgIpc) is 3.57. The van der Waals surface area contributed by atoms with Crippen LogP contribution in [-0.4, -0.2) is 36.4 Å². The Morgan fingerprint density at radius 3 is 1.30 bits per heavy atom.